The van der Waals surface area contributed by atoms with E-state index in [0.717, 1.165) is 5.56 Å². The Morgan fingerprint density at radius 1 is 1.19 bits per heavy atom. The van der Waals surface area contributed by atoms with Crippen molar-refractivity contribution in [2.45, 2.75) is 26.4 Å². The average molecular weight is 377 g/mol. The smallest absolute Gasteiger partial charge is 0.255 e. The van der Waals surface area contributed by atoms with Gasteiger partial charge in [-0.2, -0.15) is 0 Å². The second kappa shape index (κ2) is 8.58. The third-order valence-corrected chi connectivity index (χ3v) is 3.72. The summed E-state index contributed by atoms with van der Waals surface area (Å²) in [6.45, 7) is 3.75. The summed E-state index contributed by atoms with van der Waals surface area (Å²) in [5.74, 6) is 0.0286. The molecule has 0 atom stereocenters. The summed E-state index contributed by atoms with van der Waals surface area (Å²) in [7, 11) is 1.48. The van der Waals surface area contributed by atoms with E-state index in [0.29, 0.717) is 27.8 Å². The van der Waals surface area contributed by atoms with Crippen molar-refractivity contribution >= 4 is 29.1 Å². The quantitative estimate of drug-likeness (QED) is 0.774. The number of halogens is 1. The van der Waals surface area contributed by atoms with Crippen LogP contribution >= 0.6 is 11.6 Å². The van der Waals surface area contributed by atoms with Gasteiger partial charge in [-0.1, -0.05) is 23.7 Å². The minimum Gasteiger partial charge on any atom is -0.493 e. The Kier molecular flexibility index (Phi) is 6.46. The third-order valence-electron chi connectivity index (χ3n) is 3.44. The number of methoxy groups -OCH3 is 1. The maximum atomic E-state index is 12.5. The van der Waals surface area contributed by atoms with Crippen molar-refractivity contribution < 1.29 is 19.1 Å². The number of nitrogens with two attached hydrogens (primary N) is 1. The largest absolute Gasteiger partial charge is 0.493 e. The van der Waals surface area contributed by atoms with E-state index in [9.17, 15) is 9.59 Å². The van der Waals surface area contributed by atoms with Gasteiger partial charge >= 0.3 is 0 Å². The first kappa shape index (κ1) is 19.6. The molecule has 0 unspecified atom stereocenters. The van der Waals surface area contributed by atoms with Gasteiger partial charge < -0.3 is 20.5 Å². The minimum absolute atomic E-state index is 0.0833. The van der Waals surface area contributed by atoms with E-state index in [1.54, 1.807) is 30.3 Å². The van der Waals surface area contributed by atoms with Crippen molar-refractivity contribution in [3.63, 3.8) is 0 Å². The maximum absolute atomic E-state index is 12.5. The number of rotatable bonds is 7. The Balaban J connectivity index is 2.19. The van der Waals surface area contributed by atoms with Crippen LogP contribution < -0.4 is 20.5 Å². The lowest BCUT2D eigenvalue weighted by atomic mass is 10.1. The molecule has 0 fully saturated rings. The van der Waals surface area contributed by atoms with Crippen LogP contribution in [0.3, 0.4) is 0 Å². The zero-order chi connectivity index (χ0) is 19.3. The molecule has 0 bridgehead atoms. The molecular weight excluding hydrogens is 356 g/mol. The predicted molar refractivity (Wildman–Crippen MR) is 101 cm³/mol. The monoisotopic (exact) mass is 376 g/mol. The first-order valence-corrected chi connectivity index (χ1v) is 8.40. The third kappa shape index (κ3) is 5.13. The highest BCUT2D eigenvalue weighted by Gasteiger charge is 2.17. The van der Waals surface area contributed by atoms with Gasteiger partial charge in [-0.25, -0.2) is 0 Å². The molecule has 2 rings (SSSR count). The summed E-state index contributed by atoms with van der Waals surface area (Å²) in [6.07, 6.45) is 0.0678. The number of carbonyl (C=O) groups excluding carboxylic acids is 2. The number of hydrogen-bond acceptors (Lipinski definition) is 4. The summed E-state index contributed by atoms with van der Waals surface area (Å²) in [4.78, 5) is 23.4. The van der Waals surface area contributed by atoms with Crippen LogP contribution in [-0.4, -0.2) is 25.0 Å². The van der Waals surface area contributed by atoms with E-state index in [-0.39, 0.29) is 18.4 Å². The van der Waals surface area contributed by atoms with Crippen LogP contribution in [0.1, 0.15) is 29.8 Å². The summed E-state index contributed by atoms with van der Waals surface area (Å²) in [5, 5.41) is 3.06. The van der Waals surface area contributed by atoms with Gasteiger partial charge in [0.1, 0.15) is 0 Å². The molecule has 0 aromatic heterocycles. The van der Waals surface area contributed by atoms with Gasteiger partial charge in [0.15, 0.2) is 11.5 Å². The molecule has 6 nitrogen and oxygen atoms in total. The van der Waals surface area contributed by atoms with Crippen LogP contribution in [0.5, 0.6) is 11.5 Å². The lowest BCUT2D eigenvalue weighted by Gasteiger charge is -2.16. The Morgan fingerprint density at radius 3 is 2.38 bits per heavy atom. The average Bonchev–Trinajstić information content (AvgIpc) is 2.57. The van der Waals surface area contributed by atoms with Gasteiger partial charge in [-0.15, -0.1) is 0 Å². The van der Waals surface area contributed by atoms with Crippen molar-refractivity contribution in [2.24, 2.45) is 5.73 Å². The van der Waals surface area contributed by atoms with Gasteiger partial charge in [0, 0.05) is 11.3 Å². The van der Waals surface area contributed by atoms with Crippen molar-refractivity contribution in [3.8, 4) is 11.5 Å². The standard InChI is InChI=1S/C19H21ClN2O4/c1-11(2)26-18-15(20)9-13(10-16(18)25-3)19(24)22-14-6-4-12(5-7-14)8-17(21)23/h4-7,9-11H,8H2,1-3H3,(H2,21,23)(H,22,24). The molecule has 0 radical (unpaired) electrons. The highest BCUT2D eigenvalue weighted by atomic mass is 35.5. The fraction of sp³-hybridized carbons (Fsp3) is 0.263. The van der Waals surface area contributed by atoms with E-state index in [1.165, 1.54) is 13.2 Å². The summed E-state index contributed by atoms with van der Waals surface area (Å²) in [5.41, 5.74) is 6.85. The molecule has 0 saturated heterocycles. The molecule has 138 valence electrons. The minimum atomic E-state index is -0.410. The van der Waals surface area contributed by atoms with E-state index < -0.39 is 5.91 Å². The first-order valence-electron chi connectivity index (χ1n) is 8.03. The predicted octanol–water partition coefficient (Wildman–Crippen LogP) is 3.42. The Labute approximate surface area is 157 Å². The zero-order valence-electron chi connectivity index (χ0n) is 14.8. The molecule has 0 spiro atoms. The van der Waals surface area contributed by atoms with Gasteiger partial charge in [-0.3, -0.25) is 9.59 Å². The van der Waals surface area contributed by atoms with Crippen molar-refractivity contribution in [1.82, 2.24) is 0 Å². The number of ether oxygens (including phenoxy) is 2. The Morgan fingerprint density at radius 2 is 1.85 bits per heavy atom. The first-order chi connectivity index (χ1) is 12.3. The van der Waals surface area contributed by atoms with Crippen molar-refractivity contribution in [1.29, 1.82) is 0 Å². The molecule has 2 aromatic rings. The molecule has 0 aliphatic rings. The second-order valence-electron chi connectivity index (χ2n) is 5.95. The molecule has 2 amide bonds. The van der Waals surface area contributed by atoms with Crippen LogP contribution in [-0.2, 0) is 11.2 Å². The van der Waals surface area contributed by atoms with Crippen molar-refractivity contribution in [2.75, 3.05) is 12.4 Å². The van der Waals surface area contributed by atoms with Gasteiger partial charge in [0.2, 0.25) is 5.91 Å². The molecule has 0 aliphatic carbocycles. The van der Waals surface area contributed by atoms with Crippen molar-refractivity contribution in [3.05, 3.63) is 52.5 Å². The molecule has 0 saturated carbocycles. The number of anilines is 1. The lowest BCUT2D eigenvalue weighted by molar-refractivity contribution is -0.117. The van der Waals surface area contributed by atoms with Crippen LogP contribution in [0.2, 0.25) is 5.02 Å². The molecular formula is C19H21ClN2O4. The number of carbonyl (C=O) groups is 2. The van der Waals surface area contributed by atoms with Crippen LogP contribution in [0.25, 0.3) is 0 Å². The van der Waals surface area contributed by atoms with Gasteiger partial charge in [0.25, 0.3) is 5.91 Å². The van der Waals surface area contributed by atoms with Crippen LogP contribution in [0.4, 0.5) is 5.69 Å². The number of benzene rings is 2. The molecule has 0 aliphatic heterocycles. The molecule has 3 N–H and O–H groups in total. The van der Waals surface area contributed by atoms with E-state index >= 15 is 0 Å². The van der Waals surface area contributed by atoms with E-state index in [1.807, 2.05) is 13.8 Å². The number of amides is 2. The van der Waals surface area contributed by atoms with Gasteiger partial charge in [0.05, 0.1) is 24.7 Å². The zero-order valence-corrected chi connectivity index (χ0v) is 15.6. The molecule has 2 aromatic carbocycles. The summed E-state index contributed by atoms with van der Waals surface area (Å²) >= 11 is 6.24. The number of hydrogen-bond donors (Lipinski definition) is 2. The molecule has 7 heteroatoms. The number of primary amides is 1. The van der Waals surface area contributed by atoms with Gasteiger partial charge in [-0.05, 0) is 43.7 Å². The highest BCUT2D eigenvalue weighted by Crippen LogP contribution is 2.37. The SMILES string of the molecule is COc1cc(C(=O)Nc2ccc(CC(N)=O)cc2)cc(Cl)c1OC(C)C. The van der Waals surface area contributed by atoms with E-state index in [4.69, 9.17) is 26.8 Å². The summed E-state index contributed by atoms with van der Waals surface area (Å²) < 4.78 is 10.9. The normalized spacial score (nSPS) is 10.5. The molecule has 26 heavy (non-hydrogen) atoms. The lowest BCUT2D eigenvalue weighted by Crippen LogP contribution is -2.14. The second-order valence-corrected chi connectivity index (χ2v) is 6.36. The maximum Gasteiger partial charge on any atom is 0.255 e. The topological polar surface area (TPSA) is 90.6 Å². The Bertz CT molecular complexity index is 804. The fourth-order valence-electron chi connectivity index (χ4n) is 2.31. The molecule has 0 heterocycles. The van der Waals surface area contributed by atoms with Crippen LogP contribution in [0, 0.1) is 0 Å². The summed E-state index contributed by atoms with van der Waals surface area (Å²) in [6, 6.07) is 9.95. The Hall–Kier alpha value is -2.73. The van der Waals surface area contributed by atoms with Crippen LogP contribution in [0.15, 0.2) is 36.4 Å². The van der Waals surface area contributed by atoms with E-state index in [2.05, 4.69) is 5.32 Å². The fourth-order valence-corrected chi connectivity index (χ4v) is 2.57. The number of nitrogens with one attached hydrogen (secondary N) is 1. The highest BCUT2D eigenvalue weighted by molar-refractivity contribution is 6.32.